The molecule has 0 aromatic heterocycles. The maximum absolute atomic E-state index is 10.3. The van der Waals surface area contributed by atoms with E-state index in [0.717, 1.165) is 0 Å². The molecule has 0 amide bonds. The molecule has 1 aromatic rings. The molecule has 0 radical (unpaired) electrons. The number of nitro groups is 1. The van der Waals surface area contributed by atoms with Gasteiger partial charge in [-0.1, -0.05) is 23.7 Å². The molecule has 1 aromatic carbocycles. The third-order valence-corrected chi connectivity index (χ3v) is 1.73. The van der Waals surface area contributed by atoms with Crippen LogP contribution in [-0.4, -0.2) is 4.92 Å². The molecule has 0 unspecified atom stereocenters. The van der Waals surface area contributed by atoms with Crippen molar-refractivity contribution >= 4 is 17.3 Å². The highest BCUT2D eigenvalue weighted by Gasteiger charge is 2.12. The Morgan fingerprint density at radius 2 is 2.08 bits per heavy atom. The Balaban J connectivity index is 3.11. The van der Waals surface area contributed by atoms with Gasteiger partial charge in [0.2, 0.25) is 0 Å². The lowest BCUT2D eigenvalue weighted by atomic mass is 10.2. The van der Waals surface area contributed by atoms with Crippen molar-refractivity contribution in [2.24, 2.45) is 0 Å². The summed E-state index contributed by atoms with van der Waals surface area (Å²) in [5.41, 5.74) is 0.185. The molecular formula is C8H6ClNO2. The Bertz CT molecular complexity index is 336. The molecule has 12 heavy (non-hydrogen) atoms. The van der Waals surface area contributed by atoms with Crippen molar-refractivity contribution in [1.82, 2.24) is 0 Å². The highest BCUT2D eigenvalue weighted by Crippen LogP contribution is 2.21. The molecule has 0 aliphatic rings. The van der Waals surface area contributed by atoms with Gasteiger partial charge in [-0.25, -0.2) is 0 Å². The van der Waals surface area contributed by atoms with E-state index >= 15 is 0 Å². The predicted octanol–water partition coefficient (Wildman–Crippen LogP) is 2.59. The summed E-state index contributed by atoms with van der Waals surface area (Å²) in [4.78, 5) is 9.74. The van der Waals surface area contributed by atoms with Crippen LogP contribution in [0.5, 0.6) is 0 Å². The number of hydrogen-bond donors (Lipinski definition) is 0. The second-order valence-corrected chi connectivity index (χ2v) is 2.59. The van der Waals surface area contributed by atoms with Gasteiger partial charge in [-0.05, 0) is 18.7 Å². The molecule has 4 heteroatoms. The molecule has 0 bridgehead atoms. The summed E-state index contributed by atoms with van der Waals surface area (Å²) in [6.07, 6.45) is 0. The zero-order chi connectivity index (χ0) is 9.14. The zero-order valence-electron chi connectivity index (χ0n) is 6.16. The van der Waals surface area contributed by atoms with E-state index in [-0.39, 0.29) is 5.70 Å². The van der Waals surface area contributed by atoms with E-state index < -0.39 is 4.92 Å². The van der Waals surface area contributed by atoms with Gasteiger partial charge in [0, 0.05) is 0 Å². The molecule has 0 aliphatic carbocycles. The molecule has 0 fully saturated rings. The Morgan fingerprint density at radius 3 is 2.58 bits per heavy atom. The quantitative estimate of drug-likeness (QED) is 0.523. The van der Waals surface area contributed by atoms with E-state index in [0.29, 0.717) is 10.6 Å². The summed E-state index contributed by atoms with van der Waals surface area (Å²) in [5, 5.41) is 10.6. The summed E-state index contributed by atoms with van der Waals surface area (Å²) in [7, 11) is 0. The van der Waals surface area contributed by atoms with Gasteiger partial charge in [0.1, 0.15) is 0 Å². The summed E-state index contributed by atoms with van der Waals surface area (Å²) < 4.78 is 0. The number of hydrogen-bond acceptors (Lipinski definition) is 2. The van der Waals surface area contributed by atoms with Crippen molar-refractivity contribution in [2.45, 2.75) is 0 Å². The van der Waals surface area contributed by atoms with Gasteiger partial charge < -0.3 is 0 Å². The fourth-order valence-electron chi connectivity index (χ4n) is 0.794. The van der Waals surface area contributed by atoms with Crippen molar-refractivity contribution in [3.63, 3.8) is 0 Å². The monoisotopic (exact) mass is 183 g/mol. The molecule has 62 valence electrons. The summed E-state index contributed by atoms with van der Waals surface area (Å²) in [6.45, 7) is 3.30. The van der Waals surface area contributed by atoms with Crippen molar-refractivity contribution in [3.05, 3.63) is 51.5 Å². The average Bonchev–Trinajstić information content (AvgIpc) is 2.04. The fraction of sp³-hybridized carbons (Fsp3) is 0. The van der Waals surface area contributed by atoms with Gasteiger partial charge >= 0.3 is 0 Å². The van der Waals surface area contributed by atoms with Gasteiger partial charge in [0.25, 0.3) is 5.70 Å². The topological polar surface area (TPSA) is 43.1 Å². The zero-order valence-corrected chi connectivity index (χ0v) is 6.91. The SMILES string of the molecule is C=C(c1ccccc1Cl)[N+](=O)[O-]. The van der Waals surface area contributed by atoms with Crippen LogP contribution in [0.25, 0.3) is 5.70 Å². The fourth-order valence-corrected chi connectivity index (χ4v) is 1.04. The summed E-state index contributed by atoms with van der Waals surface area (Å²) >= 11 is 5.70. The maximum atomic E-state index is 10.3. The van der Waals surface area contributed by atoms with Gasteiger partial charge in [0.15, 0.2) is 0 Å². The molecule has 0 aliphatic heterocycles. The summed E-state index contributed by atoms with van der Waals surface area (Å²) in [5.74, 6) is 0. The first-order valence-electron chi connectivity index (χ1n) is 3.21. The smallest absolute Gasteiger partial charge is 0.258 e. The predicted molar refractivity (Wildman–Crippen MR) is 47.5 cm³/mol. The third-order valence-electron chi connectivity index (χ3n) is 1.41. The largest absolute Gasteiger partial charge is 0.270 e. The Morgan fingerprint density at radius 1 is 1.50 bits per heavy atom. The lowest BCUT2D eigenvalue weighted by Crippen LogP contribution is -1.96. The van der Waals surface area contributed by atoms with Gasteiger partial charge in [0.05, 0.1) is 15.5 Å². The number of benzene rings is 1. The molecule has 0 N–H and O–H groups in total. The minimum atomic E-state index is -0.554. The second-order valence-electron chi connectivity index (χ2n) is 2.18. The highest BCUT2D eigenvalue weighted by molar-refractivity contribution is 6.32. The Kier molecular flexibility index (Phi) is 2.45. The van der Waals surface area contributed by atoms with Crippen molar-refractivity contribution < 1.29 is 4.92 Å². The van der Waals surface area contributed by atoms with E-state index in [2.05, 4.69) is 6.58 Å². The van der Waals surface area contributed by atoms with Crippen molar-refractivity contribution in [1.29, 1.82) is 0 Å². The van der Waals surface area contributed by atoms with Crippen LogP contribution in [0, 0.1) is 10.1 Å². The molecule has 0 saturated heterocycles. The number of nitrogens with zero attached hydrogens (tertiary/aromatic N) is 1. The Hall–Kier alpha value is -1.35. The van der Waals surface area contributed by atoms with E-state index in [4.69, 9.17) is 11.6 Å². The first-order valence-corrected chi connectivity index (χ1v) is 3.59. The molecule has 0 saturated carbocycles. The van der Waals surface area contributed by atoms with Gasteiger partial charge in [-0.3, -0.25) is 10.1 Å². The summed E-state index contributed by atoms with van der Waals surface area (Å²) in [6, 6.07) is 6.54. The molecule has 3 nitrogen and oxygen atoms in total. The van der Waals surface area contributed by atoms with E-state index in [1.165, 1.54) is 0 Å². The molecule has 1 rings (SSSR count). The first-order chi connectivity index (χ1) is 5.63. The van der Waals surface area contributed by atoms with Crippen LogP contribution >= 0.6 is 11.6 Å². The standard InChI is InChI=1S/C8H6ClNO2/c1-6(10(11)12)7-4-2-3-5-8(7)9/h2-5H,1H2. The molecule has 0 spiro atoms. The van der Waals surface area contributed by atoms with Crippen molar-refractivity contribution in [2.75, 3.05) is 0 Å². The second kappa shape index (κ2) is 3.36. The van der Waals surface area contributed by atoms with Gasteiger partial charge in [-0.15, -0.1) is 0 Å². The number of rotatable bonds is 2. The highest BCUT2D eigenvalue weighted by atomic mass is 35.5. The lowest BCUT2D eigenvalue weighted by molar-refractivity contribution is -0.375. The molecule has 0 atom stereocenters. The first kappa shape index (κ1) is 8.74. The lowest BCUT2D eigenvalue weighted by Gasteiger charge is -1.98. The van der Waals surface area contributed by atoms with Crippen LogP contribution < -0.4 is 0 Å². The Labute approximate surface area is 74.4 Å². The van der Waals surface area contributed by atoms with E-state index in [1.807, 2.05) is 0 Å². The van der Waals surface area contributed by atoms with Crippen LogP contribution in [0.1, 0.15) is 5.56 Å². The average molecular weight is 184 g/mol. The van der Waals surface area contributed by atoms with Crippen molar-refractivity contribution in [3.8, 4) is 0 Å². The number of halogens is 1. The van der Waals surface area contributed by atoms with Crippen LogP contribution in [-0.2, 0) is 0 Å². The van der Waals surface area contributed by atoms with Crippen LogP contribution in [0.15, 0.2) is 30.8 Å². The van der Waals surface area contributed by atoms with Crippen LogP contribution in [0.2, 0.25) is 5.02 Å². The normalized spacial score (nSPS) is 9.42. The van der Waals surface area contributed by atoms with E-state index in [1.54, 1.807) is 24.3 Å². The minimum Gasteiger partial charge on any atom is -0.258 e. The molecule has 0 heterocycles. The maximum Gasteiger partial charge on any atom is 0.270 e. The van der Waals surface area contributed by atoms with E-state index in [9.17, 15) is 10.1 Å². The van der Waals surface area contributed by atoms with Crippen LogP contribution in [0.4, 0.5) is 0 Å². The molecular weight excluding hydrogens is 178 g/mol. The minimum absolute atomic E-state index is 0.180. The van der Waals surface area contributed by atoms with Crippen LogP contribution in [0.3, 0.4) is 0 Å². The van der Waals surface area contributed by atoms with Gasteiger partial charge in [-0.2, -0.15) is 0 Å². The third kappa shape index (κ3) is 1.62.